The van der Waals surface area contributed by atoms with Crippen LogP contribution in [0, 0.1) is 40.4 Å². The SMILES string of the molecule is C=C(C)C(=O)NCC(=O)NCC(=O)Nc1ccc(CC(=O)N/N=C(/CO)[C@H]2[C@H](C)CC3[C@@H]4CCC5=CC(=O)C=C[C@]5(C)C4[C@@H](O)C[C@@]32C)cc1. The van der Waals surface area contributed by atoms with Gasteiger partial charge in [0.1, 0.15) is 0 Å². The van der Waals surface area contributed by atoms with E-state index in [1.807, 2.05) is 6.08 Å². The van der Waals surface area contributed by atoms with Gasteiger partial charge in [0.05, 0.1) is 37.9 Å². The van der Waals surface area contributed by atoms with Gasteiger partial charge in [-0.1, -0.05) is 51.1 Å². The van der Waals surface area contributed by atoms with Crippen LogP contribution < -0.4 is 21.4 Å². The summed E-state index contributed by atoms with van der Waals surface area (Å²) in [5, 5.41) is 34.2. The van der Waals surface area contributed by atoms with Gasteiger partial charge in [0.15, 0.2) is 5.78 Å². The Labute approximate surface area is 292 Å². The van der Waals surface area contributed by atoms with Gasteiger partial charge in [-0.2, -0.15) is 5.10 Å². The summed E-state index contributed by atoms with van der Waals surface area (Å²) in [6.45, 7) is 10.7. The molecule has 8 atom stereocenters. The number of ketones is 1. The fourth-order valence-electron chi connectivity index (χ4n) is 9.43. The number of allylic oxidation sites excluding steroid dienone is 4. The van der Waals surface area contributed by atoms with E-state index >= 15 is 0 Å². The van der Waals surface area contributed by atoms with Crippen molar-refractivity contribution in [3.8, 4) is 0 Å². The van der Waals surface area contributed by atoms with Crippen molar-refractivity contribution in [2.45, 2.75) is 65.9 Å². The van der Waals surface area contributed by atoms with Gasteiger partial charge in [-0.3, -0.25) is 24.0 Å². The van der Waals surface area contributed by atoms with Gasteiger partial charge < -0.3 is 26.2 Å². The van der Waals surface area contributed by atoms with Gasteiger partial charge in [0.25, 0.3) is 0 Å². The number of anilines is 1. The molecule has 0 saturated heterocycles. The first-order chi connectivity index (χ1) is 23.7. The number of hydrogen-bond donors (Lipinski definition) is 6. The summed E-state index contributed by atoms with van der Waals surface area (Å²) in [4.78, 5) is 60.7. The highest BCUT2D eigenvalue weighted by Gasteiger charge is 2.63. The van der Waals surface area contributed by atoms with Crippen LogP contribution in [0.2, 0.25) is 0 Å². The van der Waals surface area contributed by atoms with Gasteiger partial charge >= 0.3 is 0 Å². The molecule has 12 heteroatoms. The highest BCUT2D eigenvalue weighted by atomic mass is 16.3. The molecule has 268 valence electrons. The molecule has 4 aliphatic carbocycles. The molecular formula is C38H49N5O7. The van der Waals surface area contributed by atoms with Crippen molar-refractivity contribution in [3.63, 3.8) is 0 Å². The topological polar surface area (TPSA) is 186 Å². The summed E-state index contributed by atoms with van der Waals surface area (Å²) in [6, 6.07) is 6.69. The third-order valence-electron chi connectivity index (χ3n) is 11.5. The number of amides is 4. The molecule has 0 radical (unpaired) electrons. The van der Waals surface area contributed by atoms with E-state index in [1.165, 1.54) is 6.92 Å². The maximum atomic E-state index is 13.0. The third kappa shape index (κ3) is 7.51. The van der Waals surface area contributed by atoms with Crippen LogP contribution in [0.5, 0.6) is 0 Å². The molecule has 2 unspecified atom stereocenters. The number of carbonyl (C=O) groups excluding carboxylic acids is 5. The molecule has 6 N–H and O–H groups in total. The monoisotopic (exact) mass is 687 g/mol. The normalized spacial score (nSPS) is 31.4. The second kappa shape index (κ2) is 14.8. The smallest absolute Gasteiger partial charge is 0.246 e. The first-order valence-electron chi connectivity index (χ1n) is 17.3. The van der Waals surface area contributed by atoms with E-state index in [0.717, 1.165) is 24.8 Å². The predicted octanol–water partition coefficient (Wildman–Crippen LogP) is 2.58. The molecule has 1 aromatic carbocycles. The zero-order valence-electron chi connectivity index (χ0n) is 29.3. The summed E-state index contributed by atoms with van der Waals surface area (Å²) in [5.74, 6) is -1.13. The molecule has 4 aliphatic rings. The summed E-state index contributed by atoms with van der Waals surface area (Å²) < 4.78 is 0. The molecule has 3 fully saturated rings. The van der Waals surface area contributed by atoms with Crippen LogP contribution in [0.3, 0.4) is 0 Å². The summed E-state index contributed by atoms with van der Waals surface area (Å²) in [7, 11) is 0. The van der Waals surface area contributed by atoms with Gasteiger partial charge in [0, 0.05) is 28.5 Å². The third-order valence-corrected chi connectivity index (χ3v) is 11.5. The number of hydrogen-bond acceptors (Lipinski definition) is 8. The van der Waals surface area contributed by atoms with Crippen LogP contribution in [0.4, 0.5) is 5.69 Å². The Kier molecular flexibility index (Phi) is 10.9. The number of nitrogens with zero attached hydrogens (tertiary/aromatic N) is 1. The number of carbonyl (C=O) groups is 5. The second-order valence-corrected chi connectivity index (χ2v) is 14.9. The number of fused-ring (bicyclic) bond motifs is 5. The first kappa shape index (κ1) is 36.9. The van der Waals surface area contributed by atoms with Crippen molar-refractivity contribution in [2.24, 2.45) is 45.5 Å². The lowest BCUT2D eigenvalue weighted by Gasteiger charge is -2.58. The minimum Gasteiger partial charge on any atom is -0.393 e. The maximum Gasteiger partial charge on any atom is 0.246 e. The standard InChI is InChI=1S/C38H49N5O7/c1-21(2)36(50)40-18-32(48)39-19-33(49)41-25-9-6-23(7-10-25)15-31(47)43-42-29(20-44)34-22(3)14-28-27-11-8-24-16-26(45)12-13-37(24,4)35(27)30(46)17-38(28,34)5/h6-7,9-10,12-13,16,22,27-28,30,34-35,44,46H,1,8,11,14-15,17-20H2,2-5H3,(H,39,48)(H,40,50)(H,41,49)(H,43,47)/b42-29-/t22-,27+,28?,30+,34-,35?,37+,38+/m1/s1. The second-order valence-electron chi connectivity index (χ2n) is 14.9. The molecule has 12 nitrogen and oxygen atoms in total. The van der Waals surface area contributed by atoms with Gasteiger partial charge in [0.2, 0.25) is 23.6 Å². The molecule has 1 aromatic rings. The van der Waals surface area contributed by atoms with Crippen molar-refractivity contribution in [3.05, 3.63) is 65.8 Å². The molecule has 0 aromatic heterocycles. The quantitative estimate of drug-likeness (QED) is 0.117. The number of nitrogens with one attached hydrogen (secondary N) is 4. The molecule has 0 aliphatic heterocycles. The Morgan fingerprint density at radius 2 is 1.74 bits per heavy atom. The van der Waals surface area contributed by atoms with Crippen molar-refractivity contribution in [2.75, 3.05) is 25.0 Å². The number of aliphatic hydroxyl groups excluding tert-OH is 2. The van der Waals surface area contributed by atoms with Crippen LogP contribution >= 0.6 is 0 Å². The highest BCUT2D eigenvalue weighted by Crippen LogP contribution is 2.67. The molecule has 0 spiro atoms. The molecule has 0 heterocycles. The lowest BCUT2D eigenvalue weighted by molar-refractivity contribution is -0.125. The highest BCUT2D eigenvalue weighted by molar-refractivity contribution is 6.01. The fourth-order valence-corrected chi connectivity index (χ4v) is 9.43. The maximum absolute atomic E-state index is 13.0. The van der Waals surface area contributed by atoms with Crippen LogP contribution in [0.25, 0.3) is 0 Å². The zero-order valence-corrected chi connectivity index (χ0v) is 29.3. The van der Waals surface area contributed by atoms with Crippen molar-refractivity contribution in [1.29, 1.82) is 0 Å². The van der Waals surface area contributed by atoms with E-state index in [0.29, 0.717) is 29.3 Å². The number of rotatable bonds is 11. The van der Waals surface area contributed by atoms with E-state index in [4.69, 9.17) is 0 Å². The minimum atomic E-state index is -0.581. The summed E-state index contributed by atoms with van der Waals surface area (Å²) in [6.07, 6.45) is 8.05. The fraction of sp³-hybridized carbons (Fsp3) is 0.526. The Morgan fingerprint density at radius 1 is 1.04 bits per heavy atom. The molecular weight excluding hydrogens is 638 g/mol. The van der Waals surface area contributed by atoms with Gasteiger partial charge in [-0.15, -0.1) is 0 Å². The molecule has 4 amide bonds. The van der Waals surface area contributed by atoms with Gasteiger partial charge in [-0.05, 0) is 85.6 Å². The van der Waals surface area contributed by atoms with E-state index in [-0.39, 0.29) is 77.9 Å². The molecule has 5 rings (SSSR count). The van der Waals surface area contributed by atoms with Crippen LogP contribution in [0.1, 0.15) is 58.9 Å². The minimum absolute atomic E-state index is 0.0107. The van der Waals surface area contributed by atoms with E-state index < -0.39 is 23.8 Å². The predicted molar refractivity (Wildman–Crippen MR) is 188 cm³/mol. The lowest BCUT2D eigenvalue weighted by Crippen LogP contribution is -2.56. The average Bonchev–Trinajstić information content (AvgIpc) is 3.33. The number of aliphatic hydroxyl groups is 2. The van der Waals surface area contributed by atoms with Crippen LogP contribution in [0.15, 0.2) is 65.3 Å². The molecule has 3 saturated carbocycles. The Morgan fingerprint density at radius 3 is 2.42 bits per heavy atom. The van der Waals surface area contributed by atoms with Crippen molar-refractivity contribution < 1.29 is 34.2 Å². The van der Waals surface area contributed by atoms with Crippen molar-refractivity contribution in [1.82, 2.24) is 16.1 Å². The number of hydrazone groups is 1. The first-order valence-corrected chi connectivity index (χ1v) is 17.3. The Bertz CT molecular complexity index is 1650. The molecule has 0 bridgehead atoms. The van der Waals surface area contributed by atoms with Crippen LogP contribution in [-0.2, 0) is 30.4 Å². The summed E-state index contributed by atoms with van der Waals surface area (Å²) in [5.41, 5.74) is 5.03. The van der Waals surface area contributed by atoms with E-state index in [9.17, 15) is 34.2 Å². The van der Waals surface area contributed by atoms with E-state index in [1.54, 1.807) is 36.4 Å². The van der Waals surface area contributed by atoms with Gasteiger partial charge in [-0.25, -0.2) is 5.43 Å². The Hall–Kier alpha value is -4.42. The van der Waals surface area contributed by atoms with Crippen molar-refractivity contribution >= 4 is 40.8 Å². The average molecular weight is 688 g/mol. The Balaban J connectivity index is 1.16. The van der Waals surface area contributed by atoms with Crippen LogP contribution in [-0.4, -0.2) is 71.1 Å². The summed E-state index contributed by atoms with van der Waals surface area (Å²) >= 11 is 0. The number of benzene rings is 1. The molecule has 50 heavy (non-hydrogen) atoms. The van der Waals surface area contributed by atoms with E-state index in [2.05, 4.69) is 53.8 Å². The largest absolute Gasteiger partial charge is 0.393 e. The zero-order chi connectivity index (χ0) is 36.4. The lowest BCUT2D eigenvalue weighted by atomic mass is 9.46.